The van der Waals surface area contributed by atoms with E-state index in [9.17, 15) is 14.4 Å². The van der Waals surface area contributed by atoms with Gasteiger partial charge in [0.1, 0.15) is 0 Å². The molecule has 148 valence electrons. The number of rotatable bonds is 7. The number of thiophene rings is 1. The van der Waals surface area contributed by atoms with Gasteiger partial charge in [0.2, 0.25) is 17.7 Å². The lowest BCUT2D eigenvalue weighted by molar-refractivity contribution is -0.139. The summed E-state index contributed by atoms with van der Waals surface area (Å²) in [6.45, 7) is 1.91. The maximum absolute atomic E-state index is 12.5. The van der Waals surface area contributed by atoms with Gasteiger partial charge in [0.25, 0.3) is 0 Å². The van der Waals surface area contributed by atoms with E-state index in [1.807, 2.05) is 12.4 Å². The van der Waals surface area contributed by atoms with Crippen LogP contribution in [0.3, 0.4) is 0 Å². The molecule has 27 heavy (non-hydrogen) atoms. The van der Waals surface area contributed by atoms with Gasteiger partial charge in [-0.1, -0.05) is 0 Å². The molecule has 3 amide bonds. The van der Waals surface area contributed by atoms with Gasteiger partial charge in [-0.15, -0.1) is 0 Å². The van der Waals surface area contributed by atoms with Gasteiger partial charge in [-0.3, -0.25) is 19.3 Å². The Morgan fingerprint density at radius 1 is 1.33 bits per heavy atom. The van der Waals surface area contributed by atoms with Gasteiger partial charge in [-0.2, -0.15) is 11.3 Å². The highest BCUT2D eigenvalue weighted by Gasteiger charge is 2.33. The van der Waals surface area contributed by atoms with Gasteiger partial charge in [-0.05, 0) is 48.7 Å². The molecule has 0 aromatic carbocycles. The molecule has 0 spiro atoms. The minimum atomic E-state index is -0.0857. The number of likely N-dealkylation sites (N-methyl/N-ethyl adjacent to an activating group) is 1. The van der Waals surface area contributed by atoms with Gasteiger partial charge in [0.05, 0.1) is 6.54 Å². The summed E-state index contributed by atoms with van der Waals surface area (Å²) in [7, 11) is 2.02. The number of carbonyl (C=O) groups excluding carboxylic acids is 3. The maximum Gasteiger partial charge on any atom is 0.239 e. The molecule has 7 nitrogen and oxygen atoms in total. The average Bonchev–Trinajstić information content (AvgIpc) is 3.29. The van der Waals surface area contributed by atoms with Crippen molar-refractivity contribution < 1.29 is 14.4 Å². The van der Waals surface area contributed by atoms with Crippen molar-refractivity contribution in [3.05, 3.63) is 22.4 Å². The fourth-order valence-corrected chi connectivity index (χ4v) is 4.48. The van der Waals surface area contributed by atoms with E-state index in [1.165, 1.54) is 5.56 Å². The smallest absolute Gasteiger partial charge is 0.239 e. The number of amides is 3. The summed E-state index contributed by atoms with van der Waals surface area (Å²) in [5, 5.41) is 9.88. The monoisotopic (exact) mass is 392 g/mol. The number of aryl methyl sites for hydroxylation is 1. The topological polar surface area (TPSA) is 81.8 Å². The molecule has 2 fully saturated rings. The van der Waals surface area contributed by atoms with E-state index in [2.05, 4.69) is 27.0 Å². The summed E-state index contributed by atoms with van der Waals surface area (Å²) < 4.78 is 0. The number of piperazine rings is 1. The summed E-state index contributed by atoms with van der Waals surface area (Å²) in [6.07, 6.45) is 3.63. The van der Waals surface area contributed by atoms with E-state index >= 15 is 0 Å². The molecule has 3 rings (SSSR count). The Bertz CT molecular complexity index is 664. The molecule has 3 heterocycles. The van der Waals surface area contributed by atoms with Crippen molar-refractivity contribution in [1.82, 2.24) is 20.4 Å². The predicted molar refractivity (Wildman–Crippen MR) is 104 cm³/mol. The summed E-state index contributed by atoms with van der Waals surface area (Å²) in [6, 6.07) is 2.49. The molecule has 8 heteroatoms. The third kappa shape index (κ3) is 5.52. The number of hydrogen-bond acceptors (Lipinski definition) is 5. The molecule has 0 saturated carbocycles. The third-order valence-electron chi connectivity index (χ3n) is 5.54. The number of carbonyl (C=O) groups is 3. The average molecular weight is 393 g/mol. The molecule has 1 aromatic heterocycles. The Morgan fingerprint density at radius 3 is 2.89 bits per heavy atom. The Kier molecular flexibility index (Phi) is 6.84. The predicted octanol–water partition coefficient (Wildman–Crippen LogP) is 0.608. The van der Waals surface area contributed by atoms with Crippen LogP contribution in [-0.2, 0) is 20.8 Å². The van der Waals surface area contributed by atoms with Crippen molar-refractivity contribution in [3.63, 3.8) is 0 Å². The summed E-state index contributed by atoms with van der Waals surface area (Å²) >= 11 is 1.65. The van der Waals surface area contributed by atoms with Crippen LogP contribution in [0.4, 0.5) is 0 Å². The van der Waals surface area contributed by atoms with Gasteiger partial charge in [0, 0.05) is 44.6 Å². The molecule has 2 atom stereocenters. The van der Waals surface area contributed by atoms with Crippen LogP contribution in [0.25, 0.3) is 0 Å². The van der Waals surface area contributed by atoms with Gasteiger partial charge >= 0.3 is 0 Å². The van der Waals surface area contributed by atoms with Crippen LogP contribution in [0.15, 0.2) is 16.8 Å². The highest BCUT2D eigenvalue weighted by molar-refractivity contribution is 7.07. The standard InChI is InChI=1S/C19H28N4O3S/c1-22-15(10-19(26)23-8-7-20-18(25)12-23)3-4-16(22)11-21-17(24)5-2-14-6-9-27-13-14/h6,9,13,15-16H,2-5,7-8,10-12H2,1H3,(H,20,25)(H,21,24)/t15-,16+/m1/s1. The van der Waals surface area contributed by atoms with Crippen LogP contribution in [0, 0.1) is 0 Å². The zero-order chi connectivity index (χ0) is 19.2. The fraction of sp³-hybridized carbons (Fsp3) is 0.632. The van der Waals surface area contributed by atoms with E-state index in [-0.39, 0.29) is 36.3 Å². The van der Waals surface area contributed by atoms with Crippen molar-refractivity contribution in [1.29, 1.82) is 0 Å². The third-order valence-corrected chi connectivity index (χ3v) is 6.27. The summed E-state index contributed by atoms with van der Waals surface area (Å²) in [5.41, 5.74) is 1.21. The highest BCUT2D eigenvalue weighted by Crippen LogP contribution is 2.25. The first-order valence-electron chi connectivity index (χ1n) is 9.57. The van der Waals surface area contributed by atoms with Crippen LogP contribution in [0.1, 0.15) is 31.2 Å². The first kappa shape index (κ1) is 19.8. The van der Waals surface area contributed by atoms with E-state index in [0.717, 1.165) is 19.3 Å². The molecular formula is C19H28N4O3S. The van der Waals surface area contributed by atoms with E-state index < -0.39 is 0 Å². The zero-order valence-corrected chi connectivity index (χ0v) is 16.6. The lowest BCUT2D eigenvalue weighted by atomic mass is 10.1. The maximum atomic E-state index is 12.5. The van der Waals surface area contributed by atoms with Gasteiger partial charge in [0.15, 0.2) is 0 Å². The first-order valence-corrected chi connectivity index (χ1v) is 10.5. The molecule has 2 saturated heterocycles. The number of nitrogens with zero attached hydrogens (tertiary/aromatic N) is 2. The minimum Gasteiger partial charge on any atom is -0.355 e. The van der Waals surface area contributed by atoms with Crippen molar-refractivity contribution in [2.75, 3.05) is 33.2 Å². The van der Waals surface area contributed by atoms with Crippen molar-refractivity contribution >= 4 is 29.1 Å². The van der Waals surface area contributed by atoms with Crippen molar-refractivity contribution in [3.8, 4) is 0 Å². The zero-order valence-electron chi connectivity index (χ0n) is 15.8. The summed E-state index contributed by atoms with van der Waals surface area (Å²) in [4.78, 5) is 39.8. The molecule has 0 aliphatic carbocycles. The lowest BCUT2D eigenvalue weighted by Gasteiger charge is -2.30. The Hall–Kier alpha value is -1.93. The Labute approximate surface area is 164 Å². The largest absolute Gasteiger partial charge is 0.355 e. The van der Waals surface area contributed by atoms with Crippen LogP contribution in [0.2, 0.25) is 0 Å². The minimum absolute atomic E-state index is 0.0437. The molecule has 0 radical (unpaired) electrons. The van der Waals surface area contributed by atoms with Crippen molar-refractivity contribution in [2.24, 2.45) is 0 Å². The second-order valence-corrected chi connectivity index (χ2v) is 8.14. The molecular weight excluding hydrogens is 364 g/mol. The second-order valence-electron chi connectivity index (χ2n) is 7.36. The number of likely N-dealkylation sites (tertiary alicyclic amines) is 1. The molecule has 2 N–H and O–H groups in total. The van der Waals surface area contributed by atoms with Crippen LogP contribution in [0.5, 0.6) is 0 Å². The fourth-order valence-electron chi connectivity index (χ4n) is 3.78. The Balaban J connectivity index is 1.38. The van der Waals surface area contributed by atoms with Crippen LogP contribution in [-0.4, -0.2) is 72.8 Å². The Morgan fingerprint density at radius 2 is 2.15 bits per heavy atom. The van der Waals surface area contributed by atoms with E-state index in [4.69, 9.17) is 0 Å². The van der Waals surface area contributed by atoms with E-state index in [0.29, 0.717) is 32.5 Å². The number of nitrogens with one attached hydrogen (secondary N) is 2. The number of hydrogen-bond donors (Lipinski definition) is 2. The van der Waals surface area contributed by atoms with Gasteiger partial charge in [-0.25, -0.2) is 0 Å². The molecule has 2 aliphatic rings. The molecule has 0 unspecified atom stereocenters. The van der Waals surface area contributed by atoms with E-state index in [1.54, 1.807) is 16.2 Å². The summed E-state index contributed by atoms with van der Waals surface area (Å²) in [5.74, 6) is 0.0352. The first-order chi connectivity index (χ1) is 13.0. The van der Waals surface area contributed by atoms with Crippen molar-refractivity contribution in [2.45, 2.75) is 44.2 Å². The SMILES string of the molecule is CN1[C@@H](CC(=O)N2CCNC(=O)C2)CC[C@H]1CNC(=O)CCc1ccsc1. The van der Waals surface area contributed by atoms with Crippen LogP contribution >= 0.6 is 11.3 Å². The second kappa shape index (κ2) is 9.32. The molecule has 0 bridgehead atoms. The normalized spacial score (nSPS) is 23.3. The molecule has 2 aliphatic heterocycles. The molecule has 1 aromatic rings. The van der Waals surface area contributed by atoms with Crippen LogP contribution < -0.4 is 10.6 Å². The highest BCUT2D eigenvalue weighted by atomic mass is 32.1. The lowest BCUT2D eigenvalue weighted by Crippen LogP contribution is -2.51. The van der Waals surface area contributed by atoms with Gasteiger partial charge < -0.3 is 15.5 Å². The quantitative estimate of drug-likeness (QED) is 0.712.